The number of aliphatic hydroxyl groups is 2. The van der Waals surface area contributed by atoms with Crippen LogP contribution in [-0.2, 0) is 35.2 Å². The maximum Gasteiger partial charge on any atom is 0.326 e. The minimum atomic E-state index is -1.57. The van der Waals surface area contributed by atoms with Gasteiger partial charge in [-0.3, -0.25) is 24.0 Å². The molecule has 0 bridgehead atoms. The molecule has 0 aliphatic heterocycles. The van der Waals surface area contributed by atoms with Gasteiger partial charge >= 0.3 is 5.97 Å². The maximum atomic E-state index is 13.2. The Morgan fingerprint density at radius 2 is 1.34 bits per heavy atom. The Bertz CT molecular complexity index is 1070. The molecule has 15 nitrogen and oxygen atoms in total. The van der Waals surface area contributed by atoms with Gasteiger partial charge in [0.25, 0.3) is 0 Å². The summed E-state index contributed by atoms with van der Waals surface area (Å²) in [7, 11) is 0. The monoisotopic (exact) mass is 580 g/mol. The highest BCUT2D eigenvalue weighted by molar-refractivity contribution is 5.97. The number of hydrogen-bond acceptors (Lipinski definition) is 9. The first-order valence-electron chi connectivity index (χ1n) is 13.0. The van der Waals surface area contributed by atoms with E-state index in [1.165, 1.54) is 6.92 Å². The summed E-state index contributed by atoms with van der Waals surface area (Å²) in [5.41, 5.74) is 11.3. The van der Waals surface area contributed by atoms with Gasteiger partial charge in [0.05, 0.1) is 19.1 Å². The number of aliphatic carboxylic acids is 1. The Morgan fingerprint density at radius 1 is 0.805 bits per heavy atom. The molecule has 228 valence electrons. The SMILES string of the molecule is CC(C)C[C@H](NC(=O)[C@@H](NC(=O)[C@@H](N)CO)[C@@H](C)O)C(=O)N[C@@H](CC(N)=O)C(=O)N[C@@H](Cc1ccccc1)C(=O)O. The second-order valence-electron chi connectivity index (χ2n) is 10.0. The third-order valence-electron chi connectivity index (χ3n) is 5.87. The summed E-state index contributed by atoms with van der Waals surface area (Å²) in [4.78, 5) is 74.7. The third kappa shape index (κ3) is 12.3. The summed E-state index contributed by atoms with van der Waals surface area (Å²) in [6, 6.07) is 1.33. The Morgan fingerprint density at radius 3 is 1.83 bits per heavy atom. The fourth-order valence-corrected chi connectivity index (χ4v) is 3.72. The molecule has 6 atom stereocenters. The molecule has 1 aromatic rings. The first-order valence-corrected chi connectivity index (χ1v) is 13.0. The van der Waals surface area contributed by atoms with Crippen molar-refractivity contribution in [2.75, 3.05) is 6.61 Å². The van der Waals surface area contributed by atoms with E-state index >= 15 is 0 Å². The van der Waals surface area contributed by atoms with Crippen molar-refractivity contribution >= 4 is 35.5 Å². The molecule has 0 aliphatic rings. The van der Waals surface area contributed by atoms with Crippen molar-refractivity contribution in [1.29, 1.82) is 0 Å². The molecule has 15 heteroatoms. The molecule has 1 rings (SSSR count). The lowest BCUT2D eigenvalue weighted by Gasteiger charge is -2.27. The summed E-state index contributed by atoms with van der Waals surface area (Å²) in [5.74, 6) is -6.22. The molecular formula is C26H40N6O9. The lowest BCUT2D eigenvalue weighted by atomic mass is 10.0. The van der Waals surface area contributed by atoms with Crippen molar-refractivity contribution in [1.82, 2.24) is 21.3 Å². The van der Waals surface area contributed by atoms with E-state index in [4.69, 9.17) is 16.6 Å². The third-order valence-corrected chi connectivity index (χ3v) is 5.87. The van der Waals surface area contributed by atoms with E-state index in [1.807, 2.05) is 0 Å². The highest BCUT2D eigenvalue weighted by atomic mass is 16.4. The largest absolute Gasteiger partial charge is 0.480 e. The Hall–Kier alpha value is -4.08. The van der Waals surface area contributed by atoms with E-state index in [-0.39, 0.29) is 18.8 Å². The van der Waals surface area contributed by atoms with E-state index in [0.29, 0.717) is 5.56 Å². The molecule has 0 unspecified atom stereocenters. The standard InChI is InChI=1S/C26H40N6O9/c1-13(2)9-17(30-25(39)21(14(3)34)32-22(36)16(27)12-33)23(37)29-18(11-20(28)35)24(38)31-19(26(40)41)10-15-7-5-4-6-8-15/h4-8,13-14,16-19,21,33-34H,9-12,27H2,1-3H3,(H2,28,35)(H,29,37)(H,30,39)(H,31,38)(H,32,36)(H,40,41)/t14-,16+,17+,18+,19+,21+/m1/s1. The first kappa shape index (κ1) is 34.9. The average Bonchev–Trinajstić information content (AvgIpc) is 2.89. The number of nitrogens with one attached hydrogen (secondary N) is 4. The second-order valence-corrected chi connectivity index (χ2v) is 10.0. The van der Waals surface area contributed by atoms with E-state index in [9.17, 15) is 39.0 Å². The number of rotatable bonds is 17. The summed E-state index contributed by atoms with van der Waals surface area (Å²) >= 11 is 0. The second kappa shape index (κ2) is 16.9. The molecule has 11 N–H and O–H groups in total. The van der Waals surface area contributed by atoms with Gasteiger partial charge in [-0.05, 0) is 24.8 Å². The molecule has 0 saturated heterocycles. The van der Waals surface area contributed by atoms with Crippen LogP contribution >= 0.6 is 0 Å². The molecule has 0 spiro atoms. The zero-order chi connectivity index (χ0) is 31.3. The fraction of sp³-hybridized carbons (Fsp3) is 0.538. The number of benzene rings is 1. The number of carbonyl (C=O) groups is 6. The summed E-state index contributed by atoms with van der Waals surface area (Å²) in [6.07, 6.45) is -2.11. The predicted molar refractivity (Wildman–Crippen MR) is 146 cm³/mol. The number of carbonyl (C=O) groups excluding carboxylic acids is 5. The van der Waals surface area contributed by atoms with Crippen LogP contribution in [-0.4, -0.2) is 93.7 Å². The zero-order valence-corrected chi connectivity index (χ0v) is 23.2. The molecule has 0 saturated carbocycles. The van der Waals surface area contributed by atoms with Crippen molar-refractivity contribution in [2.45, 2.75) is 76.3 Å². The molecule has 41 heavy (non-hydrogen) atoms. The van der Waals surface area contributed by atoms with Gasteiger partial charge in [-0.1, -0.05) is 44.2 Å². The van der Waals surface area contributed by atoms with Crippen LogP contribution < -0.4 is 32.7 Å². The van der Waals surface area contributed by atoms with Crippen LogP contribution in [0.1, 0.15) is 39.2 Å². The van der Waals surface area contributed by atoms with Crippen molar-refractivity contribution in [3.05, 3.63) is 35.9 Å². The number of amides is 5. The quantitative estimate of drug-likeness (QED) is 0.0894. The van der Waals surface area contributed by atoms with E-state index in [1.54, 1.807) is 44.2 Å². The topological polar surface area (TPSA) is 263 Å². The van der Waals surface area contributed by atoms with Crippen LogP contribution in [0.4, 0.5) is 0 Å². The number of primary amides is 1. The number of carboxylic acids is 1. The lowest BCUT2D eigenvalue weighted by molar-refractivity contribution is -0.142. The number of nitrogens with two attached hydrogens (primary N) is 2. The molecule has 0 radical (unpaired) electrons. The van der Waals surface area contributed by atoms with E-state index in [2.05, 4.69) is 21.3 Å². The van der Waals surface area contributed by atoms with Gasteiger partial charge in [0.1, 0.15) is 30.2 Å². The normalized spacial score (nSPS) is 15.4. The minimum Gasteiger partial charge on any atom is -0.480 e. The Kier molecular flexibility index (Phi) is 14.4. The fourth-order valence-electron chi connectivity index (χ4n) is 3.72. The van der Waals surface area contributed by atoms with Gasteiger partial charge < -0.3 is 48.1 Å². The van der Waals surface area contributed by atoms with Crippen LogP contribution in [0.15, 0.2) is 30.3 Å². The maximum absolute atomic E-state index is 13.2. The Labute approximate surface area is 237 Å². The molecule has 0 aromatic heterocycles. The van der Waals surface area contributed by atoms with Gasteiger partial charge in [0.15, 0.2) is 0 Å². The van der Waals surface area contributed by atoms with Crippen LogP contribution in [0.25, 0.3) is 0 Å². The molecular weight excluding hydrogens is 540 g/mol. The molecule has 0 heterocycles. The molecule has 0 fully saturated rings. The van der Waals surface area contributed by atoms with Crippen LogP contribution in [0.5, 0.6) is 0 Å². The van der Waals surface area contributed by atoms with Crippen molar-refractivity contribution in [2.24, 2.45) is 17.4 Å². The van der Waals surface area contributed by atoms with Crippen molar-refractivity contribution in [3.63, 3.8) is 0 Å². The van der Waals surface area contributed by atoms with Gasteiger partial charge in [-0.2, -0.15) is 0 Å². The van der Waals surface area contributed by atoms with Gasteiger partial charge in [0, 0.05) is 6.42 Å². The van der Waals surface area contributed by atoms with E-state index < -0.39 is 84.8 Å². The summed E-state index contributed by atoms with van der Waals surface area (Å²) in [6.45, 7) is 3.99. The molecule has 1 aromatic carbocycles. The zero-order valence-electron chi connectivity index (χ0n) is 23.2. The van der Waals surface area contributed by atoms with E-state index in [0.717, 1.165) is 0 Å². The van der Waals surface area contributed by atoms with Crippen LogP contribution in [0, 0.1) is 5.92 Å². The van der Waals surface area contributed by atoms with Crippen molar-refractivity contribution in [3.8, 4) is 0 Å². The minimum absolute atomic E-state index is 0.0465. The predicted octanol–water partition coefficient (Wildman–Crippen LogP) is -3.13. The van der Waals surface area contributed by atoms with Gasteiger partial charge in [-0.25, -0.2) is 4.79 Å². The van der Waals surface area contributed by atoms with Gasteiger partial charge in [0.2, 0.25) is 29.5 Å². The summed E-state index contributed by atoms with van der Waals surface area (Å²) in [5, 5.41) is 38.0. The number of hydrogen-bond donors (Lipinski definition) is 9. The van der Waals surface area contributed by atoms with Crippen LogP contribution in [0.3, 0.4) is 0 Å². The highest BCUT2D eigenvalue weighted by Gasteiger charge is 2.34. The summed E-state index contributed by atoms with van der Waals surface area (Å²) < 4.78 is 0. The first-order chi connectivity index (χ1) is 19.2. The Balaban J connectivity index is 3.11. The van der Waals surface area contributed by atoms with Crippen molar-refractivity contribution < 1.29 is 44.1 Å². The average molecular weight is 581 g/mol. The van der Waals surface area contributed by atoms with Gasteiger partial charge in [-0.15, -0.1) is 0 Å². The molecule has 0 aliphatic carbocycles. The smallest absolute Gasteiger partial charge is 0.326 e. The number of aliphatic hydroxyl groups excluding tert-OH is 2. The van der Waals surface area contributed by atoms with Crippen LogP contribution in [0.2, 0.25) is 0 Å². The molecule has 5 amide bonds. The number of carboxylic acid groups (broad SMARTS) is 1. The highest BCUT2D eigenvalue weighted by Crippen LogP contribution is 2.09. The lowest BCUT2D eigenvalue weighted by Crippen LogP contribution is -2.61.